The maximum absolute atomic E-state index is 12.7. The molecule has 0 unspecified atom stereocenters. The van der Waals surface area contributed by atoms with Crippen LogP contribution in [0.3, 0.4) is 0 Å². The van der Waals surface area contributed by atoms with Crippen LogP contribution in [-0.2, 0) is 13.1 Å². The maximum atomic E-state index is 12.7. The van der Waals surface area contributed by atoms with Crippen LogP contribution in [0, 0.1) is 0 Å². The van der Waals surface area contributed by atoms with Crippen LogP contribution in [-0.4, -0.2) is 25.5 Å². The molecule has 0 radical (unpaired) electrons. The fourth-order valence-electron chi connectivity index (χ4n) is 3.09. The molecule has 1 amide bonds. The van der Waals surface area contributed by atoms with Crippen LogP contribution in [0.1, 0.15) is 23.0 Å². The van der Waals surface area contributed by atoms with Crippen molar-refractivity contribution in [3.8, 4) is 0 Å². The average molecular weight is 373 g/mol. The van der Waals surface area contributed by atoms with Crippen LogP contribution in [0.4, 0.5) is 5.82 Å². The van der Waals surface area contributed by atoms with Crippen molar-refractivity contribution in [2.24, 2.45) is 0 Å². The van der Waals surface area contributed by atoms with Crippen LogP contribution >= 0.6 is 0 Å². The van der Waals surface area contributed by atoms with E-state index in [-0.39, 0.29) is 11.1 Å². The number of aromatic nitrogens is 4. The lowest BCUT2D eigenvalue weighted by atomic mass is 10.2. The van der Waals surface area contributed by atoms with Crippen molar-refractivity contribution < 1.29 is 4.79 Å². The number of aryl methyl sites for hydroxylation is 1. The molecule has 7 heteroatoms. The van der Waals surface area contributed by atoms with Crippen molar-refractivity contribution in [2.45, 2.75) is 20.0 Å². The Hall–Kier alpha value is -3.74. The first kappa shape index (κ1) is 17.7. The van der Waals surface area contributed by atoms with Gasteiger partial charge in [0.05, 0.1) is 12.1 Å². The van der Waals surface area contributed by atoms with Gasteiger partial charge in [-0.25, -0.2) is 0 Å². The SMILES string of the molecule is CCn1nc(C(=O)Nc2ccn(Cc3ccccc3)n2)c(=O)c2ccccc21. The standard InChI is InChI=1S/C21H19N5O2/c1-2-26-17-11-7-6-10-16(17)20(27)19(24-26)21(28)22-18-12-13-25(23-18)14-15-8-4-3-5-9-15/h3-13H,2,14H2,1H3,(H,22,23,28). The van der Waals surface area contributed by atoms with Gasteiger partial charge in [0.25, 0.3) is 5.91 Å². The average Bonchev–Trinajstić information content (AvgIpc) is 3.16. The number of nitrogens with zero attached hydrogens (tertiary/aromatic N) is 4. The molecule has 0 fully saturated rings. The van der Waals surface area contributed by atoms with Gasteiger partial charge in [-0.05, 0) is 24.6 Å². The molecule has 0 saturated heterocycles. The molecule has 1 N–H and O–H groups in total. The Morgan fingerprint density at radius 1 is 1.00 bits per heavy atom. The van der Waals surface area contributed by atoms with Crippen LogP contribution in [0.2, 0.25) is 0 Å². The molecule has 7 nitrogen and oxygen atoms in total. The summed E-state index contributed by atoms with van der Waals surface area (Å²) in [4.78, 5) is 25.4. The summed E-state index contributed by atoms with van der Waals surface area (Å²) in [5, 5.41) is 11.7. The van der Waals surface area contributed by atoms with Crippen molar-refractivity contribution in [3.63, 3.8) is 0 Å². The normalized spacial score (nSPS) is 10.9. The molecule has 28 heavy (non-hydrogen) atoms. The number of hydrogen-bond donors (Lipinski definition) is 1. The second-order valence-corrected chi connectivity index (χ2v) is 6.35. The predicted octanol–water partition coefficient (Wildman–Crippen LogP) is 2.91. The lowest BCUT2D eigenvalue weighted by molar-refractivity contribution is 0.101. The topological polar surface area (TPSA) is 81.8 Å². The number of benzene rings is 2. The summed E-state index contributed by atoms with van der Waals surface area (Å²) >= 11 is 0. The number of carbonyl (C=O) groups excluding carboxylic acids is 1. The van der Waals surface area contributed by atoms with Gasteiger partial charge in [0, 0.05) is 24.2 Å². The summed E-state index contributed by atoms with van der Waals surface area (Å²) in [6.07, 6.45) is 1.78. The van der Waals surface area contributed by atoms with Gasteiger partial charge in [-0.2, -0.15) is 10.2 Å². The molecule has 0 atom stereocenters. The molecule has 0 spiro atoms. The number of fused-ring (bicyclic) bond motifs is 1. The van der Waals surface area contributed by atoms with E-state index in [1.807, 2.05) is 49.4 Å². The first-order valence-electron chi connectivity index (χ1n) is 9.04. The second kappa shape index (κ2) is 7.48. The fraction of sp³-hybridized carbons (Fsp3) is 0.143. The van der Waals surface area contributed by atoms with E-state index in [0.717, 1.165) is 5.56 Å². The number of anilines is 1. The van der Waals surface area contributed by atoms with E-state index >= 15 is 0 Å². The molecule has 2 aromatic carbocycles. The monoisotopic (exact) mass is 373 g/mol. The predicted molar refractivity (Wildman–Crippen MR) is 107 cm³/mol. The van der Waals surface area contributed by atoms with Gasteiger partial charge in [0.1, 0.15) is 0 Å². The van der Waals surface area contributed by atoms with Crippen molar-refractivity contribution in [1.82, 2.24) is 19.6 Å². The molecule has 0 bridgehead atoms. The van der Waals surface area contributed by atoms with Crippen LogP contribution in [0.5, 0.6) is 0 Å². The van der Waals surface area contributed by atoms with Gasteiger partial charge in [0.2, 0.25) is 5.43 Å². The summed E-state index contributed by atoms with van der Waals surface area (Å²) in [5.74, 6) is -0.193. The van der Waals surface area contributed by atoms with Crippen molar-refractivity contribution >= 4 is 22.6 Å². The minimum Gasteiger partial charge on any atom is -0.304 e. The third-order valence-electron chi connectivity index (χ3n) is 4.45. The number of rotatable bonds is 5. The first-order valence-corrected chi connectivity index (χ1v) is 9.04. The third-order valence-corrected chi connectivity index (χ3v) is 4.45. The maximum Gasteiger partial charge on any atom is 0.281 e. The smallest absolute Gasteiger partial charge is 0.281 e. The molecule has 0 aliphatic rings. The van der Waals surface area contributed by atoms with Gasteiger partial charge in [-0.3, -0.25) is 19.0 Å². The molecule has 4 aromatic rings. The Labute approximate surface area is 161 Å². The highest BCUT2D eigenvalue weighted by atomic mass is 16.2. The summed E-state index contributed by atoms with van der Waals surface area (Å²) in [7, 11) is 0. The molecule has 4 rings (SSSR count). The van der Waals surface area contributed by atoms with E-state index in [2.05, 4.69) is 15.5 Å². The largest absolute Gasteiger partial charge is 0.304 e. The van der Waals surface area contributed by atoms with Gasteiger partial charge in [0.15, 0.2) is 11.5 Å². The van der Waals surface area contributed by atoms with E-state index in [0.29, 0.717) is 29.8 Å². The molecule has 0 aliphatic heterocycles. The summed E-state index contributed by atoms with van der Waals surface area (Å²) in [6, 6.07) is 18.7. The zero-order chi connectivity index (χ0) is 19.5. The van der Waals surface area contributed by atoms with Gasteiger partial charge in [-0.1, -0.05) is 42.5 Å². The molecule has 2 aromatic heterocycles. The fourth-order valence-corrected chi connectivity index (χ4v) is 3.09. The zero-order valence-corrected chi connectivity index (χ0v) is 15.4. The van der Waals surface area contributed by atoms with Crippen LogP contribution < -0.4 is 10.7 Å². The third kappa shape index (κ3) is 3.42. The first-order chi connectivity index (χ1) is 13.7. The Kier molecular flexibility index (Phi) is 4.72. The van der Waals surface area contributed by atoms with Crippen LogP contribution in [0.25, 0.3) is 10.9 Å². The number of para-hydroxylation sites is 1. The molecule has 0 saturated carbocycles. The Morgan fingerprint density at radius 2 is 1.75 bits per heavy atom. The Bertz CT molecular complexity index is 1190. The molecular formula is C21H19N5O2. The highest BCUT2D eigenvalue weighted by molar-refractivity contribution is 6.03. The summed E-state index contributed by atoms with van der Waals surface area (Å²) in [6.45, 7) is 3.05. The number of carbonyl (C=O) groups is 1. The molecule has 0 aliphatic carbocycles. The van der Waals surface area contributed by atoms with Crippen LogP contribution in [0.15, 0.2) is 71.7 Å². The lowest BCUT2D eigenvalue weighted by Crippen LogP contribution is -2.27. The number of nitrogens with one attached hydrogen (secondary N) is 1. The highest BCUT2D eigenvalue weighted by Crippen LogP contribution is 2.11. The molecule has 2 heterocycles. The van der Waals surface area contributed by atoms with E-state index in [1.54, 1.807) is 33.8 Å². The van der Waals surface area contributed by atoms with Crippen molar-refractivity contribution in [3.05, 3.63) is 88.3 Å². The van der Waals surface area contributed by atoms with Gasteiger partial charge >= 0.3 is 0 Å². The highest BCUT2D eigenvalue weighted by Gasteiger charge is 2.18. The minimum absolute atomic E-state index is 0.141. The van der Waals surface area contributed by atoms with Crippen molar-refractivity contribution in [2.75, 3.05) is 5.32 Å². The number of hydrogen-bond acceptors (Lipinski definition) is 4. The van der Waals surface area contributed by atoms with E-state index in [9.17, 15) is 9.59 Å². The summed E-state index contributed by atoms with van der Waals surface area (Å²) in [5.41, 5.74) is 1.28. The summed E-state index contributed by atoms with van der Waals surface area (Å²) < 4.78 is 3.38. The van der Waals surface area contributed by atoms with Gasteiger partial charge in [-0.15, -0.1) is 0 Å². The van der Waals surface area contributed by atoms with Crippen molar-refractivity contribution in [1.29, 1.82) is 0 Å². The molecular weight excluding hydrogens is 354 g/mol. The second-order valence-electron chi connectivity index (χ2n) is 6.35. The lowest BCUT2D eigenvalue weighted by Gasteiger charge is -2.09. The zero-order valence-electron chi connectivity index (χ0n) is 15.4. The van der Waals surface area contributed by atoms with E-state index < -0.39 is 5.91 Å². The van der Waals surface area contributed by atoms with Gasteiger partial charge < -0.3 is 5.32 Å². The Balaban J connectivity index is 1.59. The quantitative estimate of drug-likeness (QED) is 0.583. The number of amides is 1. The Morgan fingerprint density at radius 3 is 2.54 bits per heavy atom. The molecule has 140 valence electrons. The minimum atomic E-state index is -0.567. The van der Waals surface area contributed by atoms with E-state index in [1.165, 1.54) is 0 Å². The van der Waals surface area contributed by atoms with E-state index in [4.69, 9.17) is 0 Å².